The minimum Gasteiger partial charge on any atom is -0.349 e. The van der Waals surface area contributed by atoms with Crippen LogP contribution in [-0.2, 0) is 5.54 Å². The molecule has 0 bridgehead atoms. The lowest BCUT2D eigenvalue weighted by Crippen LogP contribution is -2.32. The van der Waals surface area contributed by atoms with Crippen LogP contribution in [0.3, 0.4) is 0 Å². The van der Waals surface area contributed by atoms with Crippen LogP contribution in [0.25, 0.3) is 0 Å². The molecule has 0 saturated heterocycles. The average molecular weight is 278 g/mol. The van der Waals surface area contributed by atoms with Crippen LogP contribution in [0, 0.1) is 0 Å². The third-order valence-corrected chi connectivity index (χ3v) is 3.44. The fourth-order valence-electron chi connectivity index (χ4n) is 2.25. The van der Waals surface area contributed by atoms with Gasteiger partial charge in [-0.2, -0.15) is 5.10 Å². The van der Waals surface area contributed by atoms with Crippen molar-refractivity contribution in [2.24, 2.45) is 0 Å². The highest BCUT2D eigenvalue weighted by atomic mass is 16.1. The van der Waals surface area contributed by atoms with E-state index in [1.165, 1.54) is 18.5 Å². The molecule has 2 N–H and O–H groups in total. The summed E-state index contributed by atoms with van der Waals surface area (Å²) < 4.78 is 2.02. The number of nitrogens with zero attached hydrogens (tertiary/aromatic N) is 2. The Labute approximate surface area is 121 Å². The van der Waals surface area contributed by atoms with Crippen LogP contribution in [0.5, 0.6) is 0 Å². The summed E-state index contributed by atoms with van der Waals surface area (Å²) in [4.78, 5) is 12.1. The van der Waals surface area contributed by atoms with Crippen LogP contribution in [0.1, 0.15) is 62.6 Å². The zero-order chi connectivity index (χ0) is 14.8. The molecule has 1 aliphatic carbocycles. The molecule has 20 heavy (non-hydrogen) atoms. The molecule has 1 fully saturated rings. The molecule has 0 aliphatic heterocycles. The second-order valence-corrected chi connectivity index (χ2v) is 6.42. The van der Waals surface area contributed by atoms with Gasteiger partial charge in [0.2, 0.25) is 0 Å². The second-order valence-electron chi connectivity index (χ2n) is 6.42. The van der Waals surface area contributed by atoms with Gasteiger partial charge in [0.25, 0.3) is 5.91 Å². The quantitative estimate of drug-likeness (QED) is 0.781. The van der Waals surface area contributed by atoms with E-state index in [1.807, 2.05) is 10.7 Å². The number of aromatic nitrogens is 2. The number of nitrogens with one attached hydrogen (secondary N) is 2. The van der Waals surface area contributed by atoms with Crippen molar-refractivity contribution >= 4 is 5.91 Å². The summed E-state index contributed by atoms with van der Waals surface area (Å²) in [6.07, 6.45) is 2.42. The predicted octanol–water partition coefficient (Wildman–Crippen LogP) is 1.85. The zero-order valence-electron chi connectivity index (χ0n) is 13.0. The largest absolute Gasteiger partial charge is 0.349 e. The van der Waals surface area contributed by atoms with Crippen molar-refractivity contribution in [3.63, 3.8) is 0 Å². The number of carbonyl (C=O) groups is 1. The van der Waals surface area contributed by atoms with E-state index in [0.29, 0.717) is 18.2 Å². The fraction of sp³-hybridized carbons (Fsp3) is 0.733. The van der Waals surface area contributed by atoms with E-state index in [-0.39, 0.29) is 11.4 Å². The summed E-state index contributed by atoms with van der Waals surface area (Å²) in [5, 5.41) is 10.6. The molecule has 1 aliphatic rings. The molecule has 0 unspecified atom stereocenters. The van der Waals surface area contributed by atoms with Crippen molar-refractivity contribution in [2.75, 3.05) is 19.6 Å². The lowest BCUT2D eigenvalue weighted by atomic mass is 10.1. The smallest absolute Gasteiger partial charge is 0.271 e. The van der Waals surface area contributed by atoms with Crippen LogP contribution >= 0.6 is 0 Å². The van der Waals surface area contributed by atoms with Gasteiger partial charge in [0.1, 0.15) is 5.69 Å². The van der Waals surface area contributed by atoms with Crippen LogP contribution in [-0.4, -0.2) is 35.3 Å². The third-order valence-electron chi connectivity index (χ3n) is 3.44. The molecule has 2 rings (SSSR count). The molecule has 5 nitrogen and oxygen atoms in total. The number of hydrogen-bond donors (Lipinski definition) is 2. The first-order chi connectivity index (χ1) is 9.43. The Balaban J connectivity index is 2.06. The Morgan fingerprint density at radius 1 is 1.40 bits per heavy atom. The van der Waals surface area contributed by atoms with Crippen LogP contribution < -0.4 is 10.6 Å². The van der Waals surface area contributed by atoms with Crippen LogP contribution in [0.15, 0.2) is 6.07 Å². The van der Waals surface area contributed by atoms with Gasteiger partial charge in [-0.05, 0) is 46.2 Å². The first-order valence-electron chi connectivity index (χ1n) is 7.53. The van der Waals surface area contributed by atoms with Crippen molar-refractivity contribution in [3.05, 3.63) is 17.5 Å². The lowest BCUT2D eigenvalue weighted by Gasteiger charge is -2.22. The van der Waals surface area contributed by atoms with Crippen LogP contribution in [0.2, 0.25) is 0 Å². The molecule has 112 valence electrons. The molecule has 0 atom stereocenters. The average Bonchev–Trinajstić information content (AvgIpc) is 3.11. The molecule has 1 amide bonds. The second kappa shape index (κ2) is 5.95. The van der Waals surface area contributed by atoms with E-state index in [2.05, 4.69) is 43.4 Å². The maximum absolute atomic E-state index is 12.1. The molecule has 0 spiro atoms. The monoisotopic (exact) mass is 278 g/mol. The first kappa shape index (κ1) is 15.0. The van der Waals surface area contributed by atoms with Gasteiger partial charge < -0.3 is 10.6 Å². The SMILES string of the molecule is CCNCCNC(=O)c1cc(C2CC2)n(C(C)(C)C)n1. The summed E-state index contributed by atoms with van der Waals surface area (Å²) in [5.74, 6) is 0.512. The lowest BCUT2D eigenvalue weighted by molar-refractivity contribution is 0.0947. The van der Waals surface area contributed by atoms with Crippen molar-refractivity contribution in [2.45, 2.75) is 52.0 Å². The molecule has 0 aromatic carbocycles. The highest BCUT2D eigenvalue weighted by molar-refractivity contribution is 5.92. The minimum atomic E-state index is -0.0831. The highest BCUT2D eigenvalue weighted by Crippen LogP contribution is 2.41. The van der Waals surface area contributed by atoms with E-state index >= 15 is 0 Å². The molecule has 1 heterocycles. The number of likely N-dealkylation sites (N-methyl/N-ethyl adjacent to an activating group) is 1. The number of rotatable bonds is 6. The van der Waals surface area contributed by atoms with E-state index in [1.54, 1.807) is 0 Å². The van der Waals surface area contributed by atoms with Gasteiger partial charge in [0.15, 0.2) is 0 Å². The zero-order valence-corrected chi connectivity index (χ0v) is 13.0. The van der Waals surface area contributed by atoms with Gasteiger partial charge in [0.05, 0.1) is 5.54 Å². The van der Waals surface area contributed by atoms with E-state index in [9.17, 15) is 4.79 Å². The summed E-state index contributed by atoms with van der Waals surface area (Å²) in [6.45, 7) is 10.8. The van der Waals surface area contributed by atoms with Crippen molar-refractivity contribution < 1.29 is 4.79 Å². The topological polar surface area (TPSA) is 58.9 Å². The van der Waals surface area contributed by atoms with Crippen molar-refractivity contribution in [3.8, 4) is 0 Å². The van der Waals surface area contributed by atoms with E-state index < -0.39 is 0 Å². The van der Waals surface area contributed by atoms with Gasteiger partial charge in [0, 0.05) is 24.7 Å². The van der Waals surface area contributed by atoms with Gasteiger partial charge in [-0.25, -0.2) is 0 Å². The Morgan fingerprint density at radius 3 is 2.65 bits per heavy atom. The Hall–Kier alpha value is -1.36. The molecule has 1 aromatic heterocycles. The molecular formula is C15H26N4O. The summed E-state index contributed by atoms with van der Waals surface area (Å²) >= 11 is 0. The Morgan fingerprint density at radius 2 is 2.10 bits per heavy atom. The number of amides is 1. The van der Waals surface area contributed by atoms with Gasteiger partial charge in [-0.15, -0.1) is 0 Å². The minimum absolute atomic E-state index is 0.0761. The third kappa shape index (κ3) is 3.60. The molecule has 5 heteroatoms. The molecule has 1 saturated carbocycles. The maximum atomic E-state index is 12.1. The first-order valence-corrected chi connectivity index (χ1v) is 7.53. The number of hydrogen-bond acceptors (Lipinski definition) is 3. The Kier molecular flexibility index (Phi) is 4.48. The van der Waals surface area contributed by atoms with Gasteiger partial charge in [-0.3, -0.25) is 9.48 Å². The van der Waals surface area contributed by atoms with E-state index in [4.69, 9.17) is 0 Å². The predicted molar refractivity (Wildman–Crippen MR) is 80.1 cm³/mol. The Bertz CT molecular complexity index is 469. The maximum Gasteiger partial charge on any atom is 0.271 e. The number of carbonyl (C=O) groups excluding carboxylic acids is 1. The summed E-state index contributed by atoms with van der Waals surface area (Å²) in [7, 11) is 0. The van der Waals surface area contributed by atoms with Gasteiger partial charge in [-0.1, -0.05) is 6.92 Å². The normalized spacial score (nSPS) is 15.4. The summed E-state index contributed by atoms with van der Waals surface area (Å²) in [5.41, 5.74) is 1.66. The van der Waals surface area contributed by atoms with Crippen LogP contribution in [0.4, 0.5) is 0 Å². The van der Waals surface area contributed by atoms with Crippen molar-refractivity contribution in [1.82, 2.24) is 20.4 Å². The van der Waals surface area contributed by atoms with Gasteiger partial charge >= 0.3 is 0 Å². The van der Waals surface area contributed by atoms with Crippen molar-refractivity contribution in [1.29, 1.82) is 0 Å². The summed E-state index contributed by atoms with van der Waals surface area (Å²) in [6, 6.07) is 1.96. The standard InChI is InChI=1S/C15H26N4O/c1-5-16-8-9-17-14(20)12-10-13(11-6-7-11)19(18-12)15(2,3)4/h10-11,16H,5-9H2,1-4H3,(H,17,20). The highest BCUT2D eigenvalue weighted by Gasteiger charge is 2.32. The fourth-order valence-corrected chi connectivity index (χ4v) is 2.25. The molecule has 1 aromatic rings. The molecule has 0 radical (unpaired) electrons. The molecular weight excluding hydrogens is 252 g/mol. The van der Waals surface area contributed by atoms with E-state index in [0.717, 1.165) is 13.1 Å².